The highest BCUT2D eigenvalue weighted by atomic mass is 32.2. The molecule has 1 N–H and O–H groups in total. The van der Waals surface area contributed by atoms with Crippen molar-refractivity contribution in [3.8, 4) is 0 Å². The topological polar surface area (TPSA) is 74.7 Å². The fraction of sp³-hybridized carbons (Fsp3) is 0.182. The lowest BCUT2D eigenvalue weighted by Crippen LogP contribution is -2.43. The van der Waals surface area contributed by atoms with Crippen LogP contribution in [0, 0.1) is 5.82 Å². The summed E-state index contributed by atoms with van der Waals surface area (Å²) in [5, 5.41) is 8.82. The van der Waals surface area contributed by atoms with Gasteiger partial charge in [0.25, 0.3) is 0 Å². The second-order valence-corrected chi connectivity index (χ2v) is 4.57. The van der Waals surface area contributed by atoms with E-state index in [4.69, 9.17) is 5.11 Å². The summed E-state index contributed by atoms with van der Waals surface area (Å²) < 4.78 is 13.6. The van der Waals surface area contributed by atoms with E-state index in [1.807, 2.05) is 0 Å². The standard InChI is InChI=1S/C11H8FNO4S/c12-7-2-1-6(11(16)17)3-8(7)13-9(14)4-18-5-10(13)15/h1-3H,4-5H2,(H,16,17). The summed E-state index contributed by atoms with van der Waals surface area (Å²) in [5.41, 5.74) is -0.476. The smallest absolute Gasteiger partial charge is 0.335 e. The summed E-state index contributed by atoms with van der Waals surface area (Å²) in [7, 11) is 0. The van der Waals surface area contributed by atoms with E-state index >= 15 is 0 Å². The van der Waals surface area contributed by atoms with Crippen molar-refractivity contribution in [1.82, 2.24) is 0 Å². The number of carboxylic acids is 1. The molecule has 0 bridgehead atoms. The summed E-state index contributed by atoms with van der Waals surface area (Å²) in [4.78, 5) is 34.7. The molecule has 2 rings (SSSR count). The van der Waals surface area contributed by atoms with Gasteiger partial charge in [-0.05, 0) is 18.2 Å². The number of hydrogen-bond acceptors (Lipinski definition) is 4. The van der Waals surface area contributed by atoms with Crippen LogP contribution in [0.4, 0.5) is 10.1 Å². The molecular weight excluding hydrogens is 261 g/mol. The molecule has 0 aromatic heterocycles. The Morgan fingerprint density at radius 1 is 1.28 bits per heavy atom. The third kappa shape index (κ3) is 2.21. The van der Waals surface area contributed by atoms with Crippen molar-refractivity contribution in [2.24, 2.45) is 0 Å². The van der Waals surface area contributed by atoms with E-state index in [0.717, 1.165) is 30.0 Å². The van der Waals surface area contributed by atoms with Gasteiger partial charge < -0.3 is 5.11 Å². The highest BCUT2D eigenvalue weighted by Gasteiger charge is 2.30. The average Bonchev–Trinajstić information content (AvgIpc) is 2.30. The number of halogens is 1. The first-order valence-electron chi connectivity index (χ1n) is 4.97. The van der Waals surface area contributed by atoms with Gasteiger partial charge in [0.15, 0.2) is 0 Å². The quantitative estimate of drug-likeness (QED) is 0.815. The first-order valence-corrected chi connectivity index (χ1v) is 6.12. The summed E-state index contributed by atoms with van der Waals surface area (Å²) in [6.45, 7) is 0. The number of rotatable bonds is 2. The fourth-order valence-corrected chi connectivity index (χ4v) is 2.29. The van der Waals surface area contributed by atoms with Crippen LogP contribution in [0.3, 0.4) is 0 Å². The van der Waals surface area contributed by atoms with Crippen LogP contribution in [0.25, 0.3) is 0 Å². The molecule has 0 aliphatic carbocycles. The molecule has 1 aromatic carbocycles. The molecule has 0 saturated carbocycles. The largest absolute Gasteiger partial charge is 0.478 e. The van der Waals surface area contributed by atoms with Crippen molar-refractivity contribution in [1.29, 1.82) is 0 Å². The number of anilines is 1. The van der Waals surface area contributed by atoms with Gasteiger partial charge in [0.1, 0.15) is 5.82 Å². The molecule has 5 nitrogen and oxygen atoms in total. The van der Waals surface area contributed by atoms with Crippen LogP contribution >= 0.6 is 11.8 Å². The number of hydrogen-bond donors (Lipinski definition) is 1. The van der Waals surface area contributed by atoms with Crippen LogP contribution in [0.15, 0.2) is 18.2 Å². The molecule has 1 aliphatic rings. The molecule has 7 heteroatoms. The lowest BCUT2D eigenvalue weighted by Gasteiger charge is -2.25. The molecule has 1 heterocycles. The number of carboxylic acid groups (broad SMARTS) is 1. The van der Waals surface area contributed by atoms with Crippen molar-refractivity contribution in [2.45, 2.75) is 0 Å². The van der Waals surface area contributed by atoms with Crippen molar-refractivity contribution < 1.29 is 23.9 Å². The molecular formula is C11H8FNO4S. The number of amides is 2. The second-order valence-electron chi connectivity index (χ2n) is 3.59. The van der Waals surface area contributed by atoms with Gasteiger partial charge in [-0.1, -0.05) is 0 Å². The maximum absolute atomic E-state index is 13.6. The van der Waals surface area contributed by atoms with E-state index in [0.29, 0.717) is 4.90 Å². The Balaban J connectivity index is 2.48. The average molecular weight is 269 g/mol. The summed E-state index contributed by atoms with van der Waals surface area (Å²) in [6.07, 6.45) is 0. The van der Waals surface area contributed by atoms with Crippen LogP contribution in [-0.4, -0.2) is 34.4 Å². The van der Waals surface area contributed by atoms with Crippen molar-refractivity contribution in [3.05, 3.63) is 29.6 Å². The van der Waals surface area contributed by atoms with Crippen molar-refractivity contribution >= 4 is 35.2 Å². The zero-order valence-electron chi connectivity index (χ0n) is 9.05. The zero-order chi connectivity index (χ0) is 13.3. The number of benzene rings is 1. The van der Waals surface area contributed by atoms with Crippen LogP contribution < -0.4 is 4.90 Å². The molecule has 2 amide bonds. The van der Waals surface area contributed by atoms with Crippen molar-refractivity contribution in [2.75, 3.05) is 16.4 Å². The van der Waals surface area contributed by atoms with Gasteiger partial charge in [-0.3, -0.25) is 9.59 Å². The first kappa shape index (κ1) is 12.6. The first-order chi connectivity index (χ1) is 8.50. The highest BCUT2D eigenvalue weighted by molar-refractivity contribution is 8.00. The molecule has 0 unspecified atom stereocenters. The molecule has 1 aromatic rings. The molecule has 1 aliphatic heterocycles. The lowest BCUT2D eigenvalue weighted by atomic mass is 10.1. The summed E-state index contributed by atoms with van der Waals surface area (Å²) in [6, 6.07) is 3.00. The molecule has 1 fully saturated rings. The third-order valence-corrected chi connectivity index (χ3v) is 3.29. The number of aromatic carboxylic acids is 1. The van der Waals surface area contributed by atoms with E-state index < -0.39 is 23.6 Å². The molecule has 1 saturated heterocycles. The molecule has 0 atom stereocenters. The van der Waals surface area contributed by atoms with Crippen molar-refractivity contribution in [3.63, 3.8) is 0 Å². The predicted octanol–water partition coefficient (Wildman–Crippen LogP) is 1.13. The fourth-order valence-electron chi connectivity index (χ4n) is 1.58. The Labute approximate surface area is 106 Å². The van der Waals surface area contributed by atoms with Crippen LogP contribution in [0.1, 0.15) is 10.4 Å². The lowest BCUT2D eigenvalue weighted by molar-refractivity contribution is -0.124. The second kappa shape index (κ2) is 4.77. The van der Waals surface area contributed by atoms with Gasteiger partial charge >= 0.3 is 5.97 Å². The molecule has 94 valence electrons. The molecule has 0 spiro atoms. The van der Waals surface area contributed by atoms with Crippen LogP contribution in [-0.2, 0) is 9.59 Å². The van der Waals surface area contributed by atoms with Crippen LogP contribution in [0.5, 0.6) is 0 Å². The van der Waals surface area contributed by atoms with E-state index in [1.54, 1.807) is 0 Å². The number of nitrogens with zero attached hydrogens (tertiary/aromatic N) is 1. The van der Waals surface area contributed by atoms with E-state index in [-0.39, 0.29) is 22.8 Å². The Morgan fingerprint density at radius 2 is 1.89 bits per heavy atom. The minimum absolute atomic E-state index is 0.0719. The van der Waals surface area contributed by atoms with Gasteiger partial charge in [-0.2, -0.15) is 0 Å². The Hall–Kier alpha value is -1.89. The normalized spacial score (nSPS) is 15.9. The predicted molar refractivity (Wildman–Crippen MR) is 63.2 cm³/mol. The maximum Gasteiger partial charge on any atom is 0.335 e. The van der Waals surface area contributed by atoms with E-state index in [9.17, 15) is 18.8 Å². The molecule has 18 heavy (non-hydrogen) atoms. The van der Waals surface area contributed by atoms with E-state index in [2.05, 4.69) is 0 Å². The number of carbonyl (C=O) groups excluding carboxylic acids is 2. The summed E-state index contributed by atoms with van der Waals surface area (Å²) >= 11 is 1.15. The van der Waals surface area contributed by atoms with Crippen LogP contribution in [0.2, 0.25) is 0 Å². The van der Waals surface area contributed by atoms with Gasteiger partial charge in [-0.15, -0.1) is 11.8 Å². The number of thioether (sulfide) groups is 1. The SMILES string of the molecule is O=C(O)c1ccc(F)c(N2C(=O)CSCC2=O)c1. The Kier molecular flexibility index (Phi) is 3.33. The summed E-state index contributed by atoms with van der Waals surface area (Å²) in [5.74, 6) is -2.99. The highest BCUT2D eigenvalue weighted by Crippen LogP contribution is 2.25. The minimum atomic E-state index is -1.25. The van der Waals surface area contributed by atoms with Gasteiger partial charge in [-0.25, -0.2) is 14.1 Å². The Morgan fingerprint density at radius 3 is 2.44 bits per heavy atom. The Bertz CT molecular complexity index is 530. The zero-order valence-corrected chi connectivity index (χ0v) is 9.87. The van der Waals surface area contributed by atoms with Gasteiger partial charge in [0.2, 0.25) is 11.8 Å². The maximum atomic E-state index is 13.6. The number of imide groups is 1. The minimum Gasteiger partial charge on any atom is -0.478 e. The van der Waals surface area contributed by atoms with Gasteiger partial charge in [0, 0.05) is 0 Å². The van der Waals surface area contributed by atoms with Gasteiger partial charge in [0.05, 0.1) is 22.8 Å². The van der Waals surface area contributed by atoms with E-state index in [1.165, 1.54) is 0 Å². The monoisotopic (exact) mass is 269 g/mol. The number of carbonyl (C=O) groups is 3. The third-order valence-electron chi connectivity index (χ3n) is 2.38. The molecule has 0 radical (unpaired) electrons.